The first-order chi connectivity index (χ1) is 8.66. The van der Waals surface area contributed by atoms with E-state index < -0.39 is 17.5 Å². The molecule has 100 valence electrons. The van der Waals surface area contributed by atoms with Crippen molar-refractivity contribution >= 4 is 0 Å². The van der Waals surface area contributed by atoms with Crippen LogP contribution in [-0.4, -0.2) is 19.8 Å². The Morgan fingerprint density at radius 2 is 1.94 bits per heavy atom. The summed E-state index contributed by atoms with van der Waals surface area (Å²) in [6, 6.07) is 2.03. The number of benzene rings is 1. The number of hydrogen-bond donors (Lipinski definition) is 1. The molecule has 1 unspecified atom stereocenters. The predicted octanol–water partition coefficient (Wildman–Crippen LogP) is 2.62. The van der Waals surface area contributed by atoms with Crippen LogP contribution >= 0.6 is 0 Å². The Kier molecular flexibility index (Phi) is 4.60. The molecule has 1 aliphatic rings. The fraction of sp³-hybridized carbons (Fsp3) is 0.538. The molecule has 0 saturated carbocycles. The summed E-state index contributed by atoms with van der Waals surface area (Å²) in [6.07, 6.45) is 2.14. The van der Waals surface area contributed by atoms with E-state index in [0.717, 1.165) is 44.7 Å². The van der Waals surface area contributed by atoms with Gasteiger partial charge >= 0.3 is 0 Å². The molecule has 2 nitrogen and oxygen atoms in total. The molecule has 2 rings (SSSR count). The van der Waals surface area contributed by atoms with Crippen molar-refractivity contribution in [2.24, 2.45) is 5.92 Å². The van der Waals surface area contributed by atoms with Crippen molar-refractivity contribution in [2.75, 3.05) is 19.8 Å². The van der Waals surface area contributed by atoms with Gasteiger partial charge in [0.15, 0.2) is 17.5 Å². The van der Waals surface area contributed by atoms with Crippen LogP contribution in [0.25, 0.3) is 0 Å². The second-order valence-electron chi connectivity index (χ2n) is 4.59. The Morgan fingerprint density at radius 3 is 2.56 bits per heavy atom. The molecule has 1 aromatic carbocycles. The molecule has 1 N–H and O–H groups in total. The summed E-state index contributed by atoms with van der Waals surface area (Å²) in [5, 5.41) is 3.11. The summed E-state index contributed by atoms with van der Waals surface area (Å²) in [5.41, 5.74) is 0.406. The second-order valence-corrected chi connectivity index (χ2v) is 4.59. The van der Waals surface area contributed by atoms with Gasteiger partial charge in [-0.3, -0.25) is 0 Å². The molecular weight excluding hydrogens is 243 g/mol. The van der Waals surface area contributed by atoms with Crippen LogP contribution in [-0.2, 0) is 11.3 Å². The summed E-state index contributed by atoms with van der Waals surface area (Å²) in [5.74, 6) is -3.27. The molecule has 1 fully saturated rings. The highest BCUT2D eigenvalue weighted by molar-refractivity contribution is 5.19. The molecule has 1 atom stereocenters. The minimum absolute atomic E-state index is 0.324. The van der Waals surface area contributed by atoms with Gasteiger partial charge in [0, 0.05) is 19.7 Å². The summed E-state index contributed by atoms with van der Waals surface area (Å²) in [7, 11) is 0. The van der Waals surface area contributed by atoms with Gasteiger partial charge in [0.25, 0.3) is 0 Å². The SMILES string of the molecule is Fc1cc(CNCC2CCCOC2)cc(F)c1F. The zero-order valence-electron chi connectivity index (χ0n) is 10.0. The van der Waals surface area contributed by atoms with Gasteiger partial charge in [-0.25, -0.2) is 13.2 Å². The molecular formula is C13H16F3NO. The Morgan fingerprint density at radius 1 is 1.22 bits per heavy atom. The maximum absolute atomic E-state index is 13.0. The van der Waals surface area contributed by atoms with E-state index in [9.17, 15) is 13.2 Å². The Labute approximate surface area is 104 Å². The van der Waals surface area contributed by atoms with Gasteiger partial charge in [0.1, 0.15) is 0 Å². The van der Waals surface area contributed by atoms with E-state index >= 15 is 0 Å². The van der Waals surface area contributed by atoms with Crippen molar-refractivity contribution in [1.29, 1.82) is 0 Å². The molecule has 1 aliphatic heterocycles. The Bertz CT molecular complexity index is 382. The third-order valence-corrected chi connectivity index (χ3v) is 3.06. The van der Waals surface area contributed by atoms with Gasteiger partial charge < -0.3 is 10.1 Å². The van der Waals surface area contributed by atoms with Crippen molar-refractivity contribution in [3.63, 3.8) is 0 Å². The Hall–Kier alpha value is -1.07. The maximum atomic E-state index is 13.0. The number of ether oxygens (including phenoxy) is 1. The van der Waals surface area contributed by atoms with E-state index in [4.69, 9.17) is 4.74 Å². The van der Waals surface area contributed by atoms with Crippen LogP contribution in [0.2, 0.25) is 0 Å². The standard InChI is InChI=1S/C13H16F3NO/c14-11-4-10(5-12(15)13(11)16)7-17-6-9-2-1-3-18-8-9/h4-5,9,17H,1-3,6-8H2. The summed E-state index contributed by atoms with van der Waals surface area (Å²) in [6.45, 7) is 2.59. The van der Waals surface area contributed by atoms with E-state index in [1.54, 1.807) is 0 Å². The van der Waals surface area contributed by atoms with Crippen LogP contribution in [0.4, 0.5) is 13.2 Å². The molecule has 1 saturated heterocycles. The molecule has 0 aromatic heterocycles. The number of hydrogen-bond acceptors (Lipinski definition) is 2. The molecule has 0 aliphatic carbocycles. The molecule has 18 heavy (non-hydrogen) atoms. The van der Waals surface area contributed by atoms with Crippen LogP contribution in [0.3, 0.4) is 0 Å². The molecule has 0 radical (unpaired) electrons. The largest absolute Gasteiger partial charge is 0.381 e. The van der Waals surface area contributed by atoms with Gasteiger partial charge in [0.05, 0.1) is 6.61 Å². The van der Waals surface area contributed by atoms with Crippen LogP contribution < -0.4 is 5.32 Å². The molecule has 5 heteroatoms. The van der Waals surface area contributed by atoms with Gasteiger partial charge in [-0.15, -0.1) is 0 Å². The van der Waals surface area contributed by atoms with E-state index in [1.807, 2.05) is 0 Å². The van der Waals surface area contributed by atoms with Gasteiger partial charge in [-0.05, 0) is 36.5 Å². The number of halogens is 3. The monoisotopic (exact) mass is 259 g/mol. The fourth-order valence-electron chi connectivity index (χ4n) is 2.10. The highest BCUT2D eigenvalue weighted by Gasteiger charge is 2.14. The zero-order chi connectivity index (χ0) is 13.0. The predicted molar refractivity (Wildman–Crippen MR) is 61.6 cm³/mol. The van der Waals surface area contributed by atoms with Crippen LogP contribution in [0, 0.1) is 23.4 Å². The lowest BCUT2D eigenvalue weighted by molar-refractivity contribution is 0.0547. The van der Waals surface area contributed by atoms with Crippen LogP contribution in [0.1, 0.15) is 18.4 Å². The average molecular weight is 259 g/mol. The van der Waals surface area contributed by atoms with E-state index in [1.165, 1.54) is 0 Å². The smallest absolute Gasteiger partial charge is 0.194 e. The van der Waals surface area contributed by atoms with Crippen molar-refractivity contribution in [2.45, 2.75) is 19.4 Å². The summed E-state index contributed by atoms with van der Waals surface area (Å²) < 4.78 is 44.0. The Balaban J connectivity index is 1.82. The van der Waals surface area contributed by atoms with Crippen molar-refractivity contribution in [3.8, 4) is 0 Å². The highest BCUT2D eigenvalue weighted by atomic mass is 19.2. The first-order valence-electron chi connectivity index (χ1n) is 6.08. The topological polar surface area (TPSA) is 21.3 Å². The van der Waals surface area contributed by atoms with Gasteiger partial charge in [-0.2, -0.15) is 0 Å². The van der Waals surface area contributed by atoms with Crippen LogP contribution in [0.15, 0.2) is 12.1 Å². The molecule has 0 amide bonds. The molecule has 0 spiro atoms. The van der Waals surface area contributed by atoms with Crippen molar-refractivity contribution in [1.82, 2.24) is 5.32 Å². The highest BCUT2D eigenvalue weighted by Crippen LogP contribution is 2.15. The van der Waals surface area contributed by atoms with E-state index in [0.29, 0.717) is 18.0 Å². The number of rotatable bonds is 4. The number of nitrogens with one attached hydrogen (secondary N) is 1. The minimum Gasteiger partial charge on any atom is -0.381 e. The zero-order valence-corrected chi connectivity index (χ0v) is 10.0. The second kappa shape index (κ2) is 6.20. The van der Waals surface area contributed by atoms with Crippen LogP contribution in [0.5, 0.6) is 0 Å². The normalized spacial score (nSPS) is 20.1. The van der Waals surface area contributed by atoms with Crippen molar-refractivity contribution < 1.29 is 17.9 Å². The average Bonchev–Trinajstić information content (AvgIpc) is 2.37. The molecule has 1 heterocycles. The van der Waals surface area contributed by atoms with E-state index in [-0.39, 0.29) is 0 Å². The maximum Gasteiger partial charge on any atom is 0.194 e. The van der Waals surface area contributed by atoms with Crippen molar-refractivity contribution in [3.05, 3.63) is 35.1 Å². The summed E-state index contributed by atoms with van der Waals surface area (Å²) in [4.78, 5) is 0. The first kappa shape index (κ1) is 13.4. The lowest BCUT2D eigenvalue weighted by Gasteiger charge is -2.22. The fourth-order valence-corrected chi connectivity index (χ4v) is 2.10. The lowest BCUT2D eigenvalue weighted by Crippen LogP contribution is -2.28. The molecule has 0 bridgehead atoms. The molecule has 1 aromatic rings. The van der Waals surface area contributed by atoms with Gasteiger partial charge in [0.2, 0.25) is 0 Å². The quantitative estimate of drug-likeness (QED) is 0.839. The minimum atomic E-state index is -1.42. The van der Waals surface area contributed by atoms with E-state index in [2.05, 4.69) is 5.32 Å². The first-order valence-corrected chi connectivity index (χ1v) is 6.08. The third-order valence-electron chi connectivity index (χ3n) is 3.06. The van der Waals surface area contributed by atoms with Gasteiger partial charge in [-0.1, -0.05) is 0 Å². The lowest BCUT2D eigenvalue weighted by atomic mass is 10.0. The third kappa shape index (κ3) is 3.46. The summed E-state index contributed by atoms with van der Waals surface area (Å²) >= 11 is 0.